The second kappa shape index (κ2) is 7.81. The predicted molar refractivity (Wildman–Crippen MR) is 113 cm³/mol. The van der Waals surface area contributed by atoms with E-state index in [9.17, 15) is 13.2 Å². The van der Waals surface area contributed by atoms with E-state index in [0.717, 1.165) is 28.5 Å². The van der Waals surface area contributed by atoms with Gasteiger partial charge >= 0.3 is 0 Å². The first-order valence-electron chi connectivity index (χ1n) is 9.46. The van der Waals surface area contributed by atoms with E-state index in [2.05, 4.69) is 14.1 Å². The van der Waals surface area contributed by atoms with Crippen molar-refractivity contribution in [2.24, 2.45) is 5.92 Å². The second-order valence-electron chi connectivity index (χ2n) is 7.35. The van der Waals surface area contributed by atoms with Crippen LogP contribution < -0.4 is 5.32 Å². The van der Waals surface area contributed by atoms with Gasteiger partial charge in [-0.2, -0.15) is 13.1 Å². The van der Waals surface area contributed by atoms with Gasteiger partial charge in [0.25, 0.3) is 0 Å². The molecule has 4 rings (SSSR count). The van der Waals surface area contributed by atoms with Gasteiger partial charge in [0.2, 0.25) is 15.9 Å². The minimum atomic E-state index is -3.76. The van der Waals surface area contributed by atoms with Crippen LogP contribution in [0.4, 0.5) is 5.69 Å². The molecule has 1 N–H and O–H groups in total. The van der Waals surface area contributed by atoms with E-state index < -0.39 is 15.9 Å². The Labute approximate surface area is 174 Å². The van der Waals surface area contributed by atoms with Gasteiger partial charge in [-0.05, 0) is 49.9 Å². The quantitative estimate of drug-likeness (QED) is 0.685. The number of piperidine rings is 1. The van der Waals surface area contributed by atoms with Gasteiger partial charge in [-0.15, -0.1) is 0 Å². The van der Waals surface area contributed by atoms with E-state index in [1.165, 1.54) is 4.31 Å². The monoisotopic (exact) mass is 430 g/mol. The van der Waals surface area contributed by atoms with Gasteiger partial charge in [0.15, 0.2) is 0 Å². The Kier molecular flexibility index (Phi) is 5.37. The summed E-state index contributed by atoms with van der Waals surface area (Å²) in [5.74, 6) is -0.541. The van der Waals surface area contributed by atoms with Crippen LogP contribution in [0.25, 0.3) is 11.0 Å². The Morgan fingerprint density at radius 2 is 1.86 bits per heavy atom. The Balaban J connectivity index is 1.56. The lowest BCUT2D eigenvalue weighted by atomic mass is 9.98. The van der Waals surface area contributed by atoms with Crippen LogP contribution in [0.3, 0.4) is 0 Å². The smallest absolute Gasteiger partial charge is 0.245 e. The highest BCUT2D eigenvalue weighted by Gasteiger charge is 2.34. The van der Waals surface area contributed by atoms with Crippen molar-refractivity contribution in [3.63, 3.8) is 0 Å². The lowest BCUT2D eigenvalue weighted by molar-refractivity contribution is -0.120. The maximum Gasteiger partial charge on any atom is 0.245 e. The molecule has 1 atom stereocenters. The van der Waals surface area contributed by atoms with E-state index in [0.29, 0.717) is 30.4 Å². The molecular weight excluding hydrogens is 408 g/mol. The van der Waals surface area contributed by atoms with E-state index in [4.69, 9.17) is 0 Å². The van der Waals surface area contributed by atoms with Gasteiger partial charge in [0.05, 0.1) is 17.6 Å². The maximum absolute atomic E-state index is 13.3. The normalized spacial score (nSPS) is 18.1. The largest absolute Gasteiger partial charge is 0.325 e. The summed E-state index contributed by atoms with van der Waals surface area (Å²) < 4.78 is 36.2. The molecule has 1 amide bonds. The van der Waals surface area contributed by atoms with Gasteiger partial charge < -0.3 is 5.32 Å². The third kappa shape index (κ3) is 3.77. The molecule has 1 unspecified atom stereocenters. The topological polar surface area (TPSA) is 92.3 Å². The Bertz CT molecular complexity index is 1150. The number of sulfonamides is 1. The minimum Gasteiger partial charge on any atom is -0.325 e. The molecule has 1 aliphatic heterocycles. The molecule has 2 aromatic carbocycles. The van der Waals surface area contributed by atoms with Crippen molar-refractivity contribution in [1.29, 1.82) is 0 Å². The van der Waals surface area contributed by atoms with Crippen molar-refractivity contribution < 1.29 is 13.2 Å². The van der Waals surface area contributed by atoms with Crippen molar-refractivity contribution in [3.8, 4) is 0 Å². The van der Waals surface area contributed by atoms with Crippen LogP contribution in [0.2, 0.25) is 0 Å². The number of benzene rings is 2. The summed E-state index contributed by atoms with van der Waals surface area (Å²) >= 11 is 0.992. The van der Waals surface area contributed by atoms with Crippen LogP contribution in [0.15, 0.2) is 41.3 Å². The van der Waals surface area contributed by atoms with Gasteiger partial charge in [-0.3, -0.25) is 4.79 Å². The van der Waals surface area contributed by atoms with Crippen LogP contribution in [0.5, 0.6) is 0 Å². The molecule has 2 heterocycles. The van der Waals surface area contributed by atoms with Gasteiger partial charge in [0.1, 0.15) is 15.9 Å². The number of aryl methyl sites for hydroxylation is 2. The molecular formula is C20H22N4O3S2. The number of rotatable bonds is 4. The van der Waals surface area contributed by atoms with Crippen molar-refractivity contribution in [2.45, 2.75) is 31.6 Å². The molecule has 3 aromatic rings. The summed E-state index contributed by atoms with van der Waals surface area (Å²) in [7, 11) is -3.76. The number of fused-ring (bicyclic) bond motifs is 1. The first kappa shape index (κ1) is 19.9. The van der Waals surface area contributed by atoms with Crippen LogP contribution in [0.1, 0.15) is 24.0 Å². The van der Waals surface area contributed by atoms with Crippen LogP contribution in [-0.4, -0.2) is 40.5 Å². The average Bonchev–Trinajstić information content (AvgIpc) is 3.19. The van der Waals surface area contributed by atoms with Crippen molar-refractivity contribution in [3.05, 3.63) is 47.5 Å². The fourth-order valence-corrected chi connectivity index (χ4v) is 6.02. The zero-order valence-electron chi connectivity index (χ0n) is 16.3. The number of nitrogens with one attached hydrogen (secondary N) is 1. The Morgan fingerprint density at radius 1 is 1.14 bits per heavy atom. The van der Waals surface area contributed by atoms with Crippen LogP contribution >= 0.6 is 11.7 Å². The number of nitrogens with zero attached hydrogens (tertiary/aromatic N) is 3. The highest BCUT2D eigenvalue weighted by Crippen LogP contribution is 2.29. The molecule has 0 spiro atoms. The molecule has 0 aliphatic carbocycles. The number of aromatic nitrogens is 2. The van der Waals surface area contributed by atoms with E-state index in [1.54, 1.807) is 18.2 Å². The summed E-state index contributed by atoms with van der Waals surface area (Å²) in [5.41, 5.74) is 3.73. The van der Waals surface area contributed by atoms with Gasteiger partial charge in [-0.25, -0.2) is 8.42 Å². The predicted octanol–water partition coefficient (Wildman–Crippen LogP) is 3.35. The van der Waals surface area contributed by atoms with Crippen molar-refractivity contribution >= 4 is 44.4 Å². The highest BCUT2D eigenvalue weighted by atomic mass is 32.2. The zero-order valence-corrected chi connectivity index (χ0v) is 17.9. The summed E-state index contributed by atoms with van der Waals surface area (Å²) in [4.78, 5) is 13.1. The molecule has 1 fully saturated rings. The number of amides is 1. The zero-order chi connectivity index (χ0) is 20.6. The third-order valence-electron chi connectivity index (χ3n) is 5.35. The molecule has 1 aromatic heterocycles. The number of carbonyl (C=O) groups excluding carboxylic acids is 1. The molecule has 1 aliphatic rings. The maximum atomic E-state index is 13.3. The molecule has 0 saturated carbocycles. The van der Waals surface area contributed by atoms with Crippen molar-refractivity contribution in [2.75, 3.05) is 18.4 Å². The summed E-state index contributed by atoms with van der Waals surface area (Å²) in [5, 5.41) is 3.00. The number of anilines is 1. The summed E-state index contributed by atoms with van der Waals surface area (Å²) in [6, 6.07) is 10.8. The second-order valence-corrected chi connectivity index (χ2v) is 9.78. The minimum absolute atomic E-state index is 0.143. The first-order chi connectivity index (χ1) is 13.9. The molecule has 152 valence electrons. The fourth-order valence-electron chi connectivity index (χ4n) is 3.74. The molecule has 0 bridgehead atoms. The third-order valence-corrected chi connectivity index (χ3v) is 7.79. The average molecular weight is 431 g/mol. The molecule has 7 nitrogen and oxygen atoms in total. The van der Waals surface area contributed by atoms with E-state index >= 15 is 0 Å². The lowest BCUT2D eigenvalue weighted by Gasteiger charge is -2.31. The highest BCUT2D eigenvalue weighted by molar-refractivity contribution is 7.89. The SMILES string of the molecule is Cc1cccc(C)c1NC(=O)C1CCCN(S(=O)(=O)c2cccc3nsnc23)C1. The molecule has 29 heavy (non-hydrogen) atoms. The Hall–Kier alpha value is -2.36. The number of hydrogen-bond acceptors (Lipinski definition) is 6. The number of hydrogen-bond donors (Lipinski definition) is 1. The fraction of sp³-hybridized carbons (Fsp3) is 0.350. The summed E-state index contributed by atoms with van der Waals surface area (Å²) in [6.45, 7) is 4.45. The molecule has 1 saturated heterocycles. The van der Waals surface area contributed by atoms with Crippen molar-refractivity contribution in [1.82, 2.24) is 13.1 Å². The summed E-state index contributed by atoms with van der Waals surface area (Å²) in [6.07, 6.45) is 1.29. The molecule has 9 heteroatoms. The number of para-hydroxylation sites is 1. The number of carbonyl (C=O) groups is 1. The molecule has 0 radical (unpaired) electrons. The van der Waals surface area contributed by atoms with E-state index in [1.807, 2.05) is 32.0 Å². The van der Waals surface area contributed by atoms with Crippen LogP contribution in [-0.2, 0) is 14.8 Å². The van der Waals surface area contributed by atoms with E-state index in [-0.39, 0.29) is 17.3 Å². The van der Waals surface area contributed by atoms with Gasteiger partial charge in [-0.1, -0.05) is 24.3 Å². The Morgan fingerprint density at radius 3 is 2.62 bits per heavy atom. The standard InChI is InChI=1S/C20H22N4O3S2/c1-13-6-3-7-14(2)18(13)21-20(25)15-8-5-11-24(12-15)29(26,27)17-10-4-9-16-19(17)23-28-22-16/h3-4,6-7,9-10,15H,5,8,11-12H2,1-2H3,(H,21,25). The van der Waals surface area contributed by atoms with Crippen LogP contribution in [0, 0.1) is 19.8 Å². The first-order valence-corrected chi connectivity index (χ1v) is 11.6. The van der Waals surface area contributed by atoms with Gasteiger partial charge in [0, 0.05) is 18.8 Å². The lowest BCUT2D eigenvalue weighted by Crippen LogP contribution is -2.43.